The molecule has 0 radical (unpaired) electrons. The van der Waals surface area contributed by atoms with Gasteiger partial charge in [0.25, 0.3) is 11.8 Å². The Balaban J connectivity index is 1.88. The number of ether oxygens (including phenoxy) is 2. The summed E-state index contributed by atoms with van der Waals surface area (Å²) in [5, 5.41) is 4.61. The highest BCUT2D eigenvalue weighted by atomic mass is 32.1. The van der Waals surface area contributed by atoms with Crippen molar-refractivity contribution in [3.63, 3.8) is 0 Å². The van der Waals surface area contributed by atoms with Gasteiger partial charge in [0.05, 0.1) is 12.8 Å². The van der Waals surface area contributed by atoms with Gasteiger partial charge in [0, 0.05) is 42.2 Å². The highest BCUT2D eigenvalue weighted by Crippen LogP contribution is 2.45. The fraction of sp³-hybridized carbons (Fsp3) is 0.385. The zero-order valence-corrected chi connectivity index (χ0v) is 21.3. The number of rotatable bonds is 6. The van der Waals surface area contributed by atoms with Crippen molar-refractivity contribution in [1.29, 1.82) is 0 Å². The van der Waals surface area contributed by atoms with Crippen LogP contribution in [-0.4, -0.2) is 54.6 Å². The lowest BCUT2D eigenvalue weighted by Crippen LogP contribution is -2.43. The number of hydrogen-bond donors (Lipinski definition) is 1. The first kappa shape index (κ1) is 23.9. The minimum Gasteiger partial charge on any atom is -0.493 e. The Labute approximate surface area is 204 Å². The minimum absolute atomic E-state index is 0.00962. The highest BCUT2D eigenvalue weighted by Gasteiger charge is 2.32. The number of likely N-dealkylation sites (N-methyl/N-ethyl adjacent to an activating group) is 1. The molecule has 0 saturated heterocycles. The fourth-order valence-electron chi connectivity index (χ4n) is 4.09. The van der Waals surface area contributed by atoms with E-state index in [4.69, 9.17) is 9.47 Å². The van der Waals surface area contributed by atoms with Crippen LogP contribution in [0.15, 0.2) is 35.7 Å². The monoisotopic (exact) mass is 481 g/mol. The number of hydrogen-bond acceptors (Lipinski definition) is 5. The quantitative estimate of drug-likeness (QED) is 0.565. The summed E-state index contributed by atoms with van der Waals surface area (Å²) in [6.45, 7) is 6.67. The summed E-state index contributed by atoms with van der Waals surface area (Å²) in [5.74, 6) is 0.852. The molecule has 2 amide bonds. The molecule has 7 nitrogen and oxygen atoms in total. The summed E-state index contributed by atoms with van der Waals surface area (Å²) in [6.07, 6.45) is 0.756. The summed E-state index contributed by atoms with van der Waals surface area (Å²) >= 11 is 1.64. The van der Waals surface area contributed by atoms with Crippen LogP contribution in [0.1, 0.15) is 36.8 Å². The Morgan fingerprint density at radius 2 is 1.94 bits per heavy atom. The molecule has 4 rings (SSSR count). The summed E-state index contributed by atoms with van der Waals surface area (Å²) < 4.78 is 13.5. The second-order valence-electron chi connectivity index (χ2n) is 9.33. The SMILES string of the molecule is CNC(=O)COc1cc2c(cc1OC)CCn1c(C(=O)N(C)C(C)(C)C)cc(-c3cccs3)c1-2. The number of aromatic nitrogens is 1. The molecule has 0 fully saturated rings. The van der Waals surface area contributed by atoms with Crippen LogP contribution in [0.4, 0.5) is 0 Å². The van der Waals surface area contributed by atoms with E-state index in [9.17, 15) is 9.59 Å². The van der Waals surface area contributed by atoms with Crippen molar-refractivity contribution >= 4 is 23.2 Å². The standard InChI is InChI=1S/C26H31N3O4S/c1-26(2,3)28(5)25(31)19-13-18(22-8-7-11-34-22)24-17-14-21(33-15-23(30)27-4)20(32-6)12-16(17)9-10-29(19)24/h7-8,11-14H,9-10,15H2,1-6H3,(H,27,30). The third-order valence-corrected chi connectivity index (χ3v) is 7.20. The molecular formula is C26H31N3O4S. The molecule has 0 aliphatic carbocycles. The van der Waals surface area contributed by atoms with Gasteiger partial charge in [0.2, 0.25) is 0 Å². The van der Waals surface area contributed by atoms with Gasteiger partial charge in [-0.25, -0.2) is 0 Å². The molecule has 1 N–H and O–H groups in total. The first-order valence-electron chi connectivity index (χ1n) is 11.3. The molecular weight excluding hydrogens is 450 g/mol. The third kappa shape index (κ3) is 4.30. The van der Waals surface area contributed by atoms with E-state index >= 15 is 0 Å². The van der Waals surface area contributed by atoms with Crippen LogP contribution in [0, 0.1) is 0 Å². The Morgan fingerprint density at radius 1 is 1.18 bits per heavy atom. The second-order valence-corrected chi connectivity index (χ2v) is 10.3. The second kappa shape index (κ2) is 9.18. The summed E-state index contributed by atoms with van der Waals surface area (Å²) in [6, 6.07) is 10.0. The lowest BCUT2D eigenvalue weighted by Gasteiger charge is -2.32. The number of aryl methyl sites for hydroxylation is 1. The minimum atomic E-state index is -0.300. The van der Waals surface area contributed by atoms with Crippen molar-refractivity contribution in [2.24, 2.45) is 0 Å². The number of amides is 2. The molecule has 2 aromatic heterocycles. The van der Waals surface area contributed by atoms with E-state index in [1.807, 2.05) is 57.5 Å². The first-order chi connectivity index (χ1) is 16.2. The summed E-state index contributed by atoms with van der Waals surface area (Å²) in [7, 11) is 5.01. The topological polar surface area (TPSA) is 72.8 Å². The highest BCUT2D eigenvalue weighted by molar-refractivity contribution is 7.13. The number of carbonyl (C=O) groups is 2. The summed E-state index contributed by atoms with van der Waals surface area (Å²) in [5.41, 5.74) is 4.48. The van der Waals surface area contributed by atoms with E-state index in [-0.39, 0.29) is 24.0 Å². The molecule has 180 valence electrons. The normalized spacial score (nSPS) is 12.5. The molecule has 8 heteroatoms. The smallest absolute Gasteiger partial charge is 0.270 e. The zero-order valence-electron chi connectivity index (χ0n) is 20.5. The first-order valence-corrected chi connectivity index (χ1v) is 12.1. The average molecular weight is 482 g/mol. The summed E-state index contributed by atoms with van der Waals surface area (Å²) in [4.78, 5) is 28.2. The molecule has 0 atom stereocenters. The van der Waals surface area contributed by atoms with Crippen molar-refractivity contribution < 1.29 is 19.1 Å². The van der Waals surface area contributed by atoms with Gasteiger partial charge >= 0.3 is 0 Å². The molecule has 3 aromatic rings. The molecule has 0 unspecified atom stereocenters. The number of methoxy groups -OCH3 is 1. The number of carbonyl (C=O) groups excluding carboxylic acids is 2. The van der Waals surface area contributed by atoms with E-state index in [1.165, 1.54) is 0 Å². The van der Waals surface area contributed by atoms with Gasteiger partial charge in [-0.2, -0.15) is 0 Å². The van der Waals surface area contributed by atoms with E-state index in [0.717, 1.165) is 33.7 Å². The maximum absolute atomic E-state index is 13.6. The number of nitrogens with one attached hydrogen (secondary N) is 1. The van der Waals surface area contributed by atoms with Crippen LogP contribution in [-0.2, 0) is 17.8 Å². The molecule has 0 saturated carbocycles. The van der Waals surface area contributed by atoms with Crippen LogP contribution < -0.4 is 14.8 Å². The molecule has 34 heavy (non-hydrogen) atoms. The molecule has 0 spiro atoms. The lowest BCUT2D eigenvalue weighted by atomic mass is 9.95. The maximum atomic E-state index is 13.6. The predicted molar refractivity (Wildman–Crippen MR) is 135 cm³/mol. The van der Waals surface area contributed by atoms with Gasteiger partial charge < -0.3 is 24.3 Å². The number of benzene rings is 1. The zero-order chi connectivity index (χ0) is 24.6. The predicted octanol–water partition coefficient (Wildman–Crippen LogP) is 4.44. The molecule has 0 bridgehead atoms. The molecule has 1 aliphatic rings. The van der Waals surface area contributed by atoms with Crippen LogP contribution >= 0.6 is 11.3 Å². The van der Waals surface area contributed by atoms with Gasteiger partial charge in [-0.15, -0.1) is 11.3 Å². The number of nitrogens with zero attached hydrogens (tertiary/aromatic N) is 2. The van der Waals surface area contributed by atoms with E-state index < -0.39 is 0 Å². The van der Waals surface area contributed by atoms with Crippen LogP contribution in [0.3, 0.4) is 0 Å². The number of thiophene rings is 1. The Morgan fingerprint density at radius 3 is 2.56 bits per heavy atom. The molecule has 1 aliphatic heterocycles. The van der Waals surface area contributed by atoms with Crippen LogP contribution in [0.5, 0.6) is 11.5 Å². The van der Waals surface area contributed by atoms with Crippen molar-refractivity contribution in [3.05, 3.63) is 47.0 Å². The molecule has 3 heterocycles. The fourth-order valence-corrected chi connectivity index (χ4v) is 4.84. The lowest BCUT2D eigenvalue weighted by molar-refractivity contribution is -0.122. The van der Waals surface area contributed by atoms with Gasteiger partial charge in [0.15, 0.2) is 18.1 Å². The van der Waals surface area contributed by atoms with E-state index in [1.54, 1.807) is 30.4 Å². The Hall–Kier alpha value is -3.26. The largest absolute Gasteiger partial charge is 0.493 e. The molecule has 1 aromatic carbocycles. The van der Waals surface area contributed by atoms with E-state index in [2.05, 4.69) is 16.0 Å². The van der Waals surface area contributed by atoms with Crippen molar-refractivity contribution in [1.82, 2.24) is 14.8 Å². The van der Waals surface area contributed by atoms with Crippen molar-refractivity contribution in [2.45, 2.75) is 39.3 Å². The van der Waals surface area contributed by atoms with Crippen molar-refractivity contribution in [3.8, 4) is 33.2 Å². The third-order valence-electron chi connectivity index (χ3n) is 6.30. The van der Waals surface area contributed by atoms with Gasteiger partial charge in [0.1, 0.15) is 5.69 Å². The van der Waals surface area contributed by atoms with Gasteiger partial charge in [-0.1, -0.05) is 6.07 Å². The average Bonchev–Trinajstić information content (AvgIpc) is 3.48. The Kier molecular flexibility index (Phi) is 6.45. The van der Waals surface area contributed by atoms with E-state index in [0.29, 0.717) is 23.7 Å². The maximum Gasteiger partial charge on any atom is 0.270 e. The van der Waals surface area contributed by atoms with Gasteiger partial charge in [-0.05, 0) is 62.4 Å². The van der Waals surface area contributed by atoms with Crippen LogP contribution in [0.25, 0.3) is 21.7 Å². The van der Waals surface area contributed by atoms with Crippen LogP contribution in [0.2, 0.25) is 0 Å². The Bertz CT molecular complexity index is 1220. The van der Waals surface area contributed by atoms with Crippen molar-refractivity contribution in [2.75, 3.05) is 27.8 Å². The van der Waals surface area contributed by atoms with Gasteiger partial charge in [-0.3, -0.25) is 9.59 Å². The number of fused-ring (bicyclic) bond motifs is 3.